The fourth-order valence-electron chi connectivity index (χ4n) is 2.46. The quantitative estimate of drug-likeness (QED) is 0.585. The van der Waals surface area contributed by atoms with Gasteiger partial charge in [0.2, 0.25) is 0 Å². The molecule has 5 heteroatoms. The van der Waals surface area contributed by atoms with Crippen molar-refractivity contribution in [2.45, 2.75) is 23.9 Å². The first-order valence-electron chi connectivity index (χ1n) is 7.98. The van der Waals surface area contributed by atoms with Gasteiger partial charge < -0.3 is 9.30 Å². The molecule has 2 aromatic carbocycles. The van der Waals surface area contributed by atoms with Gasteiger partial charge in [0.1, 0.15) is 5.82 Å². The number of hydrogen-bond acceptors (Lipinski definition) is 4. The fourth-order valence-corrected chi connectivity index (χ4v) is 3.40. The van der Waals surface area contributed by atoms with Crippen molar-refractivity contribution in [3.05, 3.63) is 77.6 Å². The standard InChI is InChI=1S/C19H21N3OS/c1-23-13-12-22-18(14-16-8-4-2-5-9-16)20-21-19(22)24-15-17-10-6-3-7-11-17/h2-11H,12-15H2,1H3. The van der Waals surface area contributed by atoms with Crippen LogP contribution in [0.1, 0.15) is 17.0 Å². The summed E-state index contributed by atoms with van der Waals surface area (Å²) in [6, 6.07) is 20.8. The third kappa shape index (κ3) is 4.46. The van der Waals surface area contributed by atoms with Crippen molar-refractivity contribution in [2.75, 3.05) is 13.7 Å². The maximum absolute atomic E-state index is 5.25. The van der Waals surface area contributed by atoms with Gasteiger partial charge in [0.25, 0.3) is 0 Å². The van der Waals surface area contributed by atoms with E-state index < -0.39 is 0 Å². The van der Waals surface area contributed by atoms with Crippen LogP contribution in [0.5, 0.6) is 0 Å². The van der Waals surface area contributed by atoms with E-state index in [2.05, 4.69) is 63.3 Å². The highest BCUT2D eigenvalue weighted by molar-refractivity contribution is 7.98. The van der Waals surface area contributed by atoms with E-state index in [9.17, 15) is 0 Å². The zero-order valence-corrected chi connectivity index (χ0v) is 14.6. The van der Waals surface area contributed by atoms with Gasteiger partial charge in [0.15, 0.2) is 5.16 Å². The molecule has 0 amide bonds. The molecular weight excluding hydrogens is 318 g/mol. The van der Waals surface area contributed by atoms with E-state index >= 15 is 0 Å². The molecule has 0 N–H and O–H groups in total. The number of hydrogen-bond donors (Lipinski definition) is 0. The Hall–Kier alpha value is -2.11. The molecule has 24 heavy (non-hydrogen) atoms. The van der Waals surface area contributed by atoms with Gasteiger partial charge in [-0.3, -0.25) is 0 Å². The first-order valence-corrected chi connectivity index (χ1v) is 8.97. The van der Waals surface area contributed by atoms with Gasteiger partial charge in [-0.25, -0.2) is 0 Å². The molecule has 0 bridgehead atoms. The number of nitrogens with zero attached hydrogens (tertiary/aromatic N) is 3. The summed E-state index contributed by atoms with van der Waals surface area (Å²) < 4.78 is 7.42. The van der Waals surface area contributed by atoms with Gasteiger partial charge in [0, 0.05) is 25.8 Å². The Balaban J connectivity index is 1.75. The summed E-state index contributed by atoms with van der Waals surface area (Å²) >= 11 is 1.72. The molecule has 0 saturated carbocycles. The lowest BCUT2D eigenvalue weighted by atomic mass is 10.1. The molecule has 0 saturated heterocycles. The molecule has 1 heterocycles. The van der Waals surface area contributed by atoms with Gasteiger partial charge >= 0.3 is 0 Å². The summed E-state index contributed by atoms with van der Waals surface area (Å²) in [5, 5.41) is 9.76. The highest BCUT2D eigenvalue weighted by Crippen LogP contribution is 2.22. The molecule has 3 aromatic rings. The molecule has 0 aliphatic rings. The molecule has 0 aliphatic carbocycles. The molecule has 0 spiro atoms. The molecule has 3 rings (SSSR count). The van der Waals surface area contributed by atoms with E-state index in [0.717, 1.165) is 29.7 Å². The van der Waals surface area contributed by atoms with Crippen LogP contribution in [0.4, 0.5) is 0 Å². The monoisotopic (exact) mass is 339 g/mol. The van der Waals surface area contributed by atoms with Crippen LogP contribution in [0.25, 0.3) is 0 Å². The Morgan fingerprint density at radius 3 is 2.25 bits per heavy atom. The van der Waals surface area contributed by atoms with E-state index in [4.69, 9.17) is 4.74 Å². The second-order valence-electron chi connectivity index (χ2n) is 5.48. The Morgan fingerprint density at radius 1 is 0.917 bits per heavy atom. The van der Waals surface area contributed by atoms with E-state index in [1.165, 1.54) is 11.1 Å². The SMILES string of the molecule is COCCn1c(Cc2ccccc2)nnc1SCc1ccccc1. The molecule has 0 radical (unpaired) electrons. The number of rotatable bonds is 8. The minimum Gasteiger partial charge on any atom is -0.383 e. The van der Waals surface area contributed by atoms with E-state index in [1.807, 2.05) is 12.1 Å². The van der Waals surface area contributed by atoms with Crippen LogP contribution in [0.2, 0.25) is 0 Å². The maximum atomic E-state index is 5.25. The number of benzene rings is 2. The summed E-state index contributed by atoms with van der Waals surface area (Å²) in [4.78, 5) is 0. The van der Waals surface area contributed by atoms with Crippen LogP contribution in [0.15, 0.2) is 65.8 Å². The van der Waals surface area contributed by atoms with Crippen molar-refractivity contribution in [1.82, 2.24) is 14.8 Å². The van der Waals surface area contributed by atoms with Gasteiger partial charge in [-0.05, 0) is 11.1 Å². The minimum absolute atomic E-state index is 0.652. The lowest BCUT2D eigenvalue weighted by Gasteiger charge is -2.09. The molecule has 0 fully saturated rings. The first kappa shape index (κ1) is 16.7. The molecular formula is C19H21N3OS. The van der Waals surface area contributed by atoms with E-state index in [-0.39, 0.29) is 0 Å². The van der Waals surface area contributed by atoms with Crippen molar-refractivity contribution in [3.63, 3.8) is 0 Å². The van der Waals surface area contributed by atoms with Crippen molar-refractivity contribution in [3.8, 4) is 0 Å². The van der Waals surface area contributed by atoms with Gasteiger partial charge in [-0.1, -0.05) is 72.4 Å². The normalized spacial score (nSPS) is 10.9. The Bertz CT molecular complexity index is 744. The lowest BCUT2D eigenvalue weighted by Crippen LogP contribution is -2.10. The highest BCUT2D eigenvalue weighted by atomic mass is 32.2. The predicted octanol–water partition coefficient (Wildman–Crippen LogP) is 3.81. The van der Waals surface area contributed by atoms with Crippen LogP contribution >= 0.6 is 11.8 Å². The van der Waals surface area contributed by atoms with Gasteiger partial charge in [0.05, 0.1) is 6.61 Å². The number of thioether (sulfide) groups is 1. The third-order valence-electron chi connectivity index (χ3n) is 3.73. The van der Waals surface area contributed by atoms with Crippen LogP contribution < -0.4 is 0 Å². The van der Waals surface area contributed by atoms with Crippen molar-refractivity contribution in [1.29, 1.82) is 0 Å². The zero-order chi connectivity index (χ0) is 16.6. The van der Waals surface area contributed by atoms with Crippen molar-refractivity contribution < 1.29 is 4.74 Å². The van der Waals surface area contributed by atoms with Crippen LogP contribution in [-0.2, 0) is 23.5 Å². The zero-order valence-electron chi connectivity index (χ0n) is 13.8. The summed E-state index contributed by atoms with van der Waals surface area (Å²) in [5.41, 5.74) is 2.52. The topological polar surface area (TPSA) is 39.9 Å². The molecule has 0 atom stereocenters. The van der Waals surface area contributed by atoms with Crippen LogP contribution in [0.3, 0.4) is 0 Å². The van der Waals surface area contributed by atoms with Crippen molar-refractivity contribution in [2.24, 2.45) is 0 Å². The average Bonchev–Trinajstić information content (AvgIpc) is 3.01. The second kappa shape index (κ2) is 8.66. The molecule has 0 unspecified atom stereocenters. The smallest absolute Gasteiger partial charge is 0.191 e. The minimum atomic E-state index is 0.652. The maximum Gasteiger partial charge on any atom is 0.191 e. The molecule has 1 aromatic heterocycles. The van der Waals surface area contributed by atoms with Crippen molar-refractivity contribution >= 4 is 11.8 Å². The Morgan fingerprint density at radius 2 is 1.58 bits per heavy atom. The summed E-state index contributed by atoms with van der Waals surface area (Å²) in [5.74, 6) is 1.87. The Labute approximate surface area is 146 Å². The average molecular weight is 339 g/mol. The third-order valence-corrected chi connectivity index (χ3v) is 4.77. The van der Waals surface area contributed by atoms with Gasteiger partial charge in [-0.2, -0.15) is 0 Å². The highest BCUT2D eigenvalue weighted by Gasteiger charge is 2.13. The van der Waals surface area contributed by atoms with Crippen LogP contribution in [0, 0.1) is 0 Å². The van der Waals surface area contributed by atoms with E-state index in [1.54, 1.807) is 18.9 Å². The number of ether oxygens (including phenoxy) is 1. The Kier molecular flexibility index (Phi) is 6.04. The molecule has 0 aliphatic heterocycles. The lowest BCUT2D eigenvalue weighted by molar-refractivity contribution is 0.184. The van der Waals surface area contributed by atoms with Gasteiger partial charge in [-0.15, -0.1) is 10.2 Å². The number of aromatic nitrogens is 3. The summed E-state index contributed by atoms with van der Waals surface area (Å²) in [6.07, 6.45) is 0.781. The predicted molar refractivity (Wildman–Crippen MR) is 97.1 cm³/mol. The molecule has 4 nitrogen and oxygen atoms in total. The van der Waals surface area contributed by atoms with Crippen LogP contribution in [-0.4, -0.2) is 28.5 Å². The largest absolute Gasteiger partial charge is 0.383 e. The van der Waals surface area contributed by atoms with E-state index in [0.29, 0.717) is 6.61 Å². The first-order chi connectivity index (χ1) is 11.9. The summed E-state index contributed by atoms with van der Waals surface area (Å²) in [6.45, 7) is 1.42. The number of methoxy groups -OCH3 is 1. The fraction of sp³-hybridized carbons (Fsp3) is 0.263. The molecule has 124 valence electrons. The second-order valence-corrected chi connectivity index (χ2v) is 6.42. The summed E-state index contributed by atoms with van der Waals surface area (Å²) in [7, 11) is 1.72.